The van der Waals surface area contributed by atoms with Crippen molar-refractivity contribution in [3.8, 4) is 22.7 Å². The molecule has 5 aromatic rings. The van der Waals surface area contributed by atoms with E-state index in [0.29, 0.717) is 21.6 Å². The van der Waals surface area contributed by atoms with Gasteiger partial charge in [0.2, 0.25) is 5.88 Å². The molecule has 3 N–H and O–H groups in total. The lowest BCUT2D eigenvalue weighted by Crippen LogP contribution is -2.24. The summed E-state index contributed by atoms with van der Waals surface area (Å²) in [7, 11) is 0. The monoisotopic (exact) mass is 527 g/mol. The van der Waals surface area contributed by atoms with Crippen molar-refractivity contribution in [1.29, 1.82) is 0 Å². The molecule has 0 aliphatic rings. The van der Waals surface area contributed by atoms with E-state index in [1.165, 1.54) is 36.5 Å². The van der Waals surface area contributed by atoms with E-state index in [4.69, 9.17) is 27.2 Å². The molecule has 3 aromatic heterocycles. The maximum Gasteiger partial charge on any atom is 0.433 e. The van der Waals surface area contributed by atoms with Crippen LogP contribution in [0, 0.1) is 0 Å². The Balaban J connectivity index is 1.80. The minimum Gasteiger partial charge on any atom is -0.474 e. The number of benzene rings is 2. The molecule has 37 heavy (non-hydrogen) atoms. The Hall–Kier alpha value is -4.22. The molecule has 8 nitrogen and oxygen atoms in total. The summed E-state index contributed by atoms with van der Waals surface area (Å²) in [4.78, 5) is 26.2. The fourth-order valence-electron chi connectivity index (χ4n) is 3.92. The standard InChI is InChI=1S/C25H17ClF3N5O3/c26-14-2-4-15(5-3-14)34-23-16(6-8-19(33-23)25(27,28)29)22(30)21(24(34)36)13-1-7-17-18(11-13)32-20(12-31-17)37-10-9-35/h1-8,11-12,35H,9-10,30H2. The van der Waals surface area contributed by atoms with Gasteiger partial charge in [0.15, 0.2) is 0 Å². The molecule has 0 spiro atoms. The van der Waals surface area contributed by atoms with Crippen LogP contribution in [0.5, 0.6) is 5.88 Å². The molecule has 0 bridgehead atoms. The molecule has 12 heteroatoms. The number of halogens is 4. The number of rotatable bonds is 5. The average molecular weight is 528 g/mol. The topological polar surface area (TPSA) is 116 Å². The van der Waals surface area contributed by atoms with Gasteiger partial charge in [0.25, 0.3) is 5.56 Å². The molecule has 3 heterocycles. The number of nitrogen functional groups attached to an aromatic ring is 1. The molecule has 0 atom stereocenters. The van der Waals surface area contributed by atoms with Gasteiger partial charge in [-0.05, 0) is 54.1 Å². The molecule has 0 saturated carbocycles. The number of hydrogen-bond acceptors (Lipinski definition) is 7. The first-order valence-electron chi connectivity index (χ1n) is 10.9. The number of hydrogen-bond donors (Lipinski definition) is 2. The fourth-order valence-corrected chi connectivity index (χ4v) is 4.05. The summed E-state index contributed by atoms with van der Waals surface area (Å²) >= 11 is 5.99. The highest BCUT2D eigenvalue weighted by Crippen LogP contribution is 2.34. The number of fused-ring (bicyclic) bond motifs is 2. The highest BCUT2D eigenvalue weighted by molar-refractivity contribution is 6.30. The Morgan fingerprint density at radius 1 is 1.03 bits per heavy atom. The number of anilines is 1. The number of nitrogens with two attached hydrogens (primary N) is 1. The predicted molar refractivity (Wildman–Crippen MR) is 133 cm³/mol. The van der Waals surface area contributed by atoms with Gasteiger partial charge in [-0.15, -0.1) is 0 Å². The molecular formula is C25H17ClF3N5O3. The normalized spacial score (nSPS) is 11.8. The molecule has 188 valence electrons. The third-order valence-electron chi connectivity index (χ3n) is 5.59. The van der Waals surface area contributed by atoms with Crippen LogP contribution in [0.15, 0.2) is 65.6 Å². The third-order valence-corrected chi connectivity index (χ3v) is 5.84. The van der Waals surface area contributed by atoms with Gasteiger partial charge in [-0.3, -0.25) is 9.36 Å². The van der Waals surface area contributed by atoms with Gasteiger partial charge < -0.3 is 15.6 Å². The van der Waals surface area contributed by atoms with Crippen LogP contribution in [0.4, 0.5) is 18.9 Å². The second-order valence-corrected chi connectivity index (χ2v) is 8.39. The van der Waals surface area contributed by atoms with Crippen molar-refractivity contribution in [2.75, 3.05) is 18.9 Å². The fraction of sp³-hybridized carbons (Fsp3) is 0.120. The number of aliphatic hydroxyl groups is 1. The number of nitrogens with zero attached hydrogens (tertiary/aromatic N) is 4. The van der Waals surface area contributed by atoms with E-state index in [0.717, 1.165) is 10.6 Å². The molecule has 0 saturated heterocycles. The molecule has 0 radical (unpaired) electrons. The van der Waals surface area contributed by atoms with E-state index in [1.807, 2.05) is 0 Å². The summed E-state index contributed by atoms with van der Waals surface area (Å²) in [6.07, 6.45) is -3.32. The molecular weight excluding hydrogens is 511 g/mol. The Bertz CT molecular complexity index is 1710. The van der Waals surface area contributed by atoms with Crippen molar-refractivity contribution in [1.82, 2.24) is 19.5 Å². The zero-order chi connectivity index (χ0) is 26.3. The van der Waals surface area contributed by atoms with Gasteiger partial charge in [-0.1, -0.05) is 17.7 Å². The van der Waals surface area contributed by atoms with Crippen LogP contribution in [0.3, 0.4) is 0 Å². The first kappa shape index (κ1) is 24.5. The van der Waals surface area contributed by atoms with Crippen molar-refractivity contribution in [3.63, 3.8) is 0 Å². The van der Waals surface area contributed by atoms with Crippen LogP contribution >= 0.6 is 11.6 Å². The number of pyridine rings is 2. The third kappa shape index (κ3) is 4.54. The van der Waals surface area contributed by atoms with E-state index in [9.17, 15) is 18.0 Å². The zero-order valence-corrected chi connectivity index (χ0v) is 19.6. The van der Waals surface area contributed by atoms with Gasteiger partial charge in [-0.2, -0.15) is 13.2 Å². The van der Waals surface area contributed by atoms with Crippen LogP contribution in [-0.2, 0) is 6.18 Å². The van der Waals surface area contributed by atoms with Crippen LogP contribution in [-0.4, -0.2) is 37.8 Å². The summed E-state index contributed by atoms with van der Waals surface area (Å²) in [5, 5.41) is 9.52. The highest BCUT2D eigenvalue weighted by Gasteiger charge is 2.33. The lowest BCUT2D eigenvalue weighted by atomic mass is 10.0. The SMILES string of the molecule is Nc1c(-c2ccc3ncc(OCCO)nc3c2)c(=O)n(-c2ccc(Cl)cc2)c2nc(C(F)(F)F)ccc12. The Kier molecular flexibility index (Phi) is 6.18. The Morgan fingerprint density at radius 2 is 1.78 bits per heavy atom. The number of aromatic nitrogens is 4. The Labute approximate surface area is 211 Å². The molecule has 5 rings (SSSR count). The number of alkyl halides is 3. The largest absolute Gasteiger partial charge is 0.474 e. The molecule has 0 unspecified atom stereocenters. The number of ether oxygens (including phenoxy) is 1. The predicted octanol–water partition coefficient (Wildman–Crippen LogP) is 4.62. The maximum absolute atomic E-state index is 13.8. The van der Waals surface area contributed by atoms with Gasteiger partial charge in [0, 0.05) is 10.4 Å². The van der Waals surface area contributed by atoms with Crippen LogP contribution in [0.2, 0.25) is 5.02 Å². The molecule has 0 fully saturated rings. The van der Waals surface area contributed by atoms with E-state index < -0.39 is 17.4 Å². The summed E-state index contributed by atoms with van der Waals surface area (Å²) < 4.78 is 46.8. The Morgan fingerprint density at radius 3 is 2.49 bits per heavy atom. The first-order valence-corrected chi connectivity index (χ1v) is 11.2. The zero-order valence-electron chi connectivity index (χ0n) is 18.8. The summed E-state index contributed by atoms with van der Waals surface area (Å²) in [5.74, 6) is 0.174. The van der Waals surface area contributed by atoms with Crippen molar-refractivity contribution >= 4 is 39.4 Å². The van der Waals surface area contributed by atoms with E-state index in [1.54, 1.807) is 18.2 Å². The lowest BCUT2D eigenvalue weighted by molar-refractivity contribution is -0.141. The van der Waals surface area contributed by atoms with Gasteiger partial charge in [0.05, 0.1) is 40.8 Å². The first-order chi connectivity index (χ1) is 17.7. The van der Waals surface area contributed by atoms with Crippen molar-refractivity contribution in [2.24, 2.45) is 0 Å². The average Bonchev–Trinajstić information content (AvgIpc) is 2.87. The lowest BCUT2D eigenvalue weighted by Gasteiger charge is -2.17. The highest BCUT2D eigenvalue weighted by atomic mass is 35.5. The minimum absolute atomic E-state index is 0.0240. The molecule has 0 aliphatic carbocycles. The van der Waals surface area contributed by atoms with Crippen molar-refractivity contribution in [3.05, 3.63) is 81.9 Å². The summed E-state index contributed by atoms with van der Waals surface area (Å²) in [6, 6.07) is 12.9. The molecule has 0 amide bonds. The molecule has 0 aliphatic heterocycles. The van der Waals surface area contributed by atoms with Crippen LogP contribution in [0.25, 0.3) is 38.9 Å². The van der Waals surface area contributed by atoms with E-state index >= 15 is 0 Å². The van der Waals surface area contributed by atoms with Crippen LogP contribution < -0.4 is 16.0 Å². The maximum atomic E-state index is 13.8. The van der Waals surface area contributed by atoms with Gasteiger partial charge in [0.1, 0.15) is 17.9 Å². The van der Waals surface area contributed by atoms with Crippen molar-refractivity contribution < 1.29 is 23.0 Å². The second kappa shape index (κ2) is 9.34. The summed E-state index contributed by atoms with van der Waals surface area (Å²) in [5.41, 5.74) is 5.82. The number of aliphatic hydroxyl groups excluding tert-OH is 1. The summed E-state index contributed by atoms with van der Waals surface area (Å²) in [6.45, 7) is -0.183. The second-order valence-electron chi connectivity index (χ2n) is 7.95. The van der Waals surface area contributed by atoms with Crippen LogP contribution in [0.1, 0.15) is 5.69 Å². The minimum atomic E-state index is -4.73. The molecule has 2 aromatic carbocycles. The van der Waals surface area contributed by atoms with Crippen molar-refractivity contribution in [2.45, 2.75) is 6.18 Å². The smallest absolute Gasteiger partial charge is 0.433 e. The van der Waals surface area contributed by atoms with E-state index in [2.05, 4.69) is 15.0 Å². The van der Waals surface area contributed by atoms with E-state index in [-0.39, 0.29) is 47.1 Å². The quantitative estimate of drug-likeness (QED) is 0.342. The van der Waals surface area contributed by atoms with Gasteiger partial charge in [-0.25, -0.2) is 15.0 Å². The van der Waals surface area contributed by atoms with Gasteiger partial charge >= 0.3 is 6.18 Å².